The summed E-state index contributed by atoms with van der Waals surface area (Å²) in [6.45, 7) is 2.85. The summed E-state index contributed by atoms with van der Waals surface area (Å²) in [6, 6.07) is 6.20. The van der Waals surface area contributed by atoms with Crippen molar-refractivity contribution in [2.24, 2.45) is 0 Å². The maximum absolute atomic E-state index is 5.81. The second-order valence-corrected chi connectivity index (χ2v) is 4.38. The molecule has 1 unspecified atom stereocenters. The summed E-state index contributed by atoms with van der Waals surface area (Å²) in [4.78, 5) is 0. The Bertz CT molecular complexity index is 342. The zero-order chi connectivity index (χ0) is 14.1. The molecule has 1 rings (SSSR count). The van der Waals surface area contributed by atoms with Gasteiger partial charge in [0.25, 0.3) is 0 Å². The van der Waals surface area contributed by atoms with Crippen LogP contribution in [-0.4, -0.2) is 33.9 Å². The average Bonchev–Trinajstić information content (AvgIpc) is 2.47. The molecule has 0 fully saturated rings. The molecule has 1 aromatic carbocycles. The third-order valence-electron chi connectivity index (χ3n) is 3.23. The Morgan fingerprint density at radius 2 is 1.79 bits per heavy atom. The smallest absolute Gasteiger partial charge is 0.203 e. The highest BCUT2D eigenvalue weighted by Gasteiger charge is 2.11. The SMILES string of the molecule is CCC(CCCOc1c(OC)cccc1OC)NC. The van der Waals surface area contributed by atoms with Crippen LogP contribution in [0.25, 0.3) is 0 Å². The topological polar surface area (TPSA) is 39.7 Å². The number of methoxy groups -OCH3 is 2. The van der Waals surface area contributed by atoms with Crippen molar-refractivity contribution in [2.75, 3.05) is 27.9 Å². The Kier molecular flexibility index (Phi) is 7.11. The largest absolute Gasteiger partial charge is 0.493 e. The monoisotopic (exact) mass is 267 g/mol. The third kappa shape index (κ3) is 4.63. The van der Waals surface area contributed by atoms with E-state index in [0.717, 1.165) is 19.3 Å². The van der Waals surface area contributed by atoms with Gasteiger partial charge in [0, 0.05) is 6.04 Å². The molecule has 1 aromatic rings. The first kappa shape index (κ1) is 15.6. The van der Waals surface area contributed by atoms with E-state index in [9.17, 15) is 0 Å². The van der Waals surface area contributed by atoms with Gasteiger partial charge in [-0.15, -0.1) is 0 Å². The summed E-state index contributed by atoms with van der Waals surface area (Å²) in [5.74, 6) is 2.10. The molecule has 0 radical (unpaired) electrons. The molecule has 0 aliphatic carbocycles. The minimum Gasteiger partial charge on any atom is -0.493 e. The number of hydrogen-bond donors (Lipinski definition) is 1. The minimum absolute atomic E-state index is 0.558. The number of ether oxygens (including phenoxy) is 3. The van der Waals surface area contributed by atoms with Crippen molar-refractivity contribution in [1.29, 1.82) is 0 Å². The Morgan fingerprint density at radius 3 is 2.26 bits per heavy atom. The fraction of sp³-hybridized carbons (Fsp3) is 0.600. The molecule has 0 saturated carbocycles. The highest BCUT2D eigenvalue weighted by Crippen LogP contribution is 2.36. The Hall–Kier alpha value is -1.42. The van der Waals surface area contributed by atoms with Crippen LogP contribution in [0.4, 0.5) is 0 Å². The molecule has 1 N–H and O–H groups in total. The predicted octanol–water partition coefficient (Wildman–Crippen LogP) is 2.86. The summed E-state index contributed by atoms with van der Waals surface area (Å²) in [7, 11) is 5.27. The maximum Gasteiger partial charge on any atom is 0.203 e. The van der Waals surface area contributed by atoms with Crippen molar-refractivity contribution in [2.45, 2.75) is 32.2 Å². The van der Waals surface area contributed by atoms with Crippen LogP contribution in [0.3, 0.4) is 0 Å². The molecule has 4 heteroatoms. The van der Waals surface area contributed by atoms with E-state index in [1.165, 1.54) is 0 Å². The van der Waals surface area contributed by atoms with E-state index in [1.807, 2.05) is 25.2 Å². The average molecular weight is 267 g/mol. The zero-order valence-corrected chi connectivity index (χ0v) is 12.4. The second kappa shape index (κ2) is 8.64. The summed E-state index contributed by atoms with van der Waals surface area (Å²) in [5.41, 5.74) is 0. The van der Waals surface area contributed by atoms with E-state index >= 15 is 0 Å². The summed E-state index contributed by atoms with van der Waals surface area (Å²) in [5, 5.41) is 3.29. The molecule has 0 saturated heterocycles. The van der Waals surface area contributed by atoms with Crippen LogP contribution in [0.15, 0.2) is 18.2 Å². The van der Waals surface area contributed by atoms with Gasteiger partial charge < -0.3 is 19.5 Å². The molecule has 0 amide bonds. The maximum atomic E-state index is 5.81. The van der Waals surface area contributed by atoms with Crippen molar-refractivity contribution in [3.63, 3.8) is 0 Å². The van der Waals surface area contributed by atoms with Crippen molar-refractivity contribution in [1.82, 2.24) is 5.32 Å². The number of benzene rings is 1. The lowest BCUT2D eigenvalue weighted by molar-refractivity contribution is 0.263. The van der Waals surface area contributed by atoms with Gasteiger partial charge in [0.2, 0.25) is 5.75 Å². The first-order valence-corrected chi connectivity index (χ1v) is 6.77. The van der Waals surface area contributed by atoms with Gasteiger partial charge in [-0.25, -0.2) is 0 Å². The molecule has 0 bridgehead atoms. The molecule has 0 aromatic heterocycles. The first-order valence-electron chi connectivity index (χ1n) is 6.77. The van der Waals surface area contributed by atoms with Crippen LogP contribution >= 0.6 is 0 Å². The number of nitrogens with one attached hydrogen (secondary N) is 1. The van der Waals surface area contributed by atoms with Gasteiger partial charge in [-0.05, 0) is 38.4 Å². The number of rotatable bonds is 9. The van der Waals surface area contributed by atoms with Crippen molar-refractivity contribution in [3.8, 4) is 17.2 Å². The minimum atomic E-state index is 0.558. The van der Waals surface area contributed by atoms with E-state index in [4.69, 9.17) is 14.2 Å². The van der Waals surface area contributed by atoms with Gasteiger partial charge in [0.05, 0.1) is 20.8 Å². The standard InChI is InChI=1S/C15H25NO3/c1-5-12(16-2)8-7-11-19-15-13(17-3)9-6-10-14(15)18-4/h6,9-10,12,16H,5,7-8,11H2,1-4H3. The highest BCUT2D eigenvalue weighted by molar-refractivity contribution is 5.51. The lowest BCUT2D eigenvalue weighted by Crippen LogP contribution is -2.24. The van der Waals surface area contributed by atoms with E-state index in [0.29, 0.717) is 29.9 Å². The van der Waals surface area contributed by atoms with Crippen LogP contribution < -0.4 is 19.5 Å². The van der Waals surface area contributed by atoms with E-state index in [-0.39, 0.29) is 0 Å². The fourth-order valence-corrected chi connectivity index (χ4v) is 2.02. The van der Waals surface area contributed by atoms with Gasteiger partial charge in [-0.2, -0.15) is 0 Å². The Morgan fingerprint density at radius 1 is 1.16 bits per heavy atom. The highest BCUT2D eigenvalue weighted by atomic mass is 16.5. The van der Waals surface area contributed by atoms with Gasteiger partial charge >= 0.3 is 0 Å². The van der Waals surface area contributed by atoms with Crippen LogP contribution in [0.2, 0.25) is 0 Å². The molecular formula is C15H25NO3. The molecule has 0 spiro atoms. The lowest BCUT2D eigenvalue weighted by atomic mass is 10.1. The van der Waals surface area contributed by atoms with Crippen molar-refractivity contribution < 1.29 is 14.2 Å². The number of hydrogen-bond acceptors (Lipinski definition) is 4. The summed E-state index contributed by atoms with van der Waals surface area (Å²) >= 11 is 0. The molecule has 4 nitrogen and oxygen atoms in total. The Labute approximate surface area is 116 Å². The van der Waals surface area contributed by atoms with Gasteiger partial charge in [-0.1, -0.05) is 13.0 Å². The van der Waals surface area contributed by atoms with E-state index < -0.39 is 0 Å². The van der Waals surface area contributed by atoms with Crippen molar-refractivity contribution >= 4 is 0 Å². The molecule has 19 heavy (non-hydrogen) atoms. The normalized spacial score (nSPS) is 12.0. The molecule has 1 atom stereocenters. The van der Waals surface area contributed by atoms with Crippen LogP contribution in [0.1, 0.15) is 26.2 Å². The molecule has 0 heterocycles. The van der Waals surface area contributed by atoms with E-state index in [1.54, 1.807) is 14.2 Å². The van der Waals surface area contributed by atoms with E-state index in [2.05, 4.69) is 12.2 Å². The van der Waals surface area contributed by atoms with Gasteiger partial charge in [0.15, 0.2) is 11.5 Å². The van der Waals surface area contributed by atoms with Crippen molar-refractivity contribution in [3.05, 3.63) is 18.2 Å². The third-order valence-corrected chi connectivity index (χ3v) is 3.23. The predicted molar refractivity (Wildman–Crippen MR) is 77.4 cm³/mol. The zero-order valence-electron chi connectivity index (χ0n) is 12.4. The van der Waals surface area contributed by atoms with Gasteiger partial charge in [-0.3, -0.25) is 0 Å². The van der Waals surface area contributed by atoms with Gasteiger partial charge in [0.1, 0.15) is 0 Å². The molecule has 108 valence electrons. The van der Waals surface area contributed by atoms with Crippen LogP contribution in [0, 0.1) is 0 Å². The van der Waals surface area contributed by atoms with Crippen LogP contribution in [0.5, 0.6) is 17.2 Å². The molecule has 0 aliphatic rings. The molecular weight excluding hydrogens is 242 g/mol. The summed E-state index contributed by atoms with van der Waals surface area (Å²) in [6.07, 6.45) is 3.24. The fourth-order valence-electron chi connectivity index (χ4n) is 2.02. The Balaban J connectivity index is 2.52. The summed E-state index contributed by atoms with van der Waals surface area (Å²) < 4.78 is 16.4. The first-order chi connectivity index (χ1) is 9.26. The molecule has 0 aliphatic heterocycles. The lowest BCUT2D eigenvalue weighted by Gasteiger charge is -2.16. The van der Waals surface area contributed by atoms with Crippen LogP contribution in [-0.2, 0) is 0 Å². The second-order valence-electron chi connectivity index (χ2n) is 4.38. The number of para-hydroxylation sites is 1. The quantitative estimate of drug-likeness (QED) is 0.698.